The highest BCUT2D eigenvalue weighted by Gasteiger charge is 2.14. The summed E-state index contributed by atoms with van der Waals surface area (Å²) in [5.41, 5.74) is 3.44. The minimum atomic E-state index is 0.719. The Bertz CT molecular complexity index is 669. The van der Waals surface area contributed by atoms with Gasteiger partial charge in [0.05, 0.1) is 33.1 Å². The van der Waals surface area contributed by atoms with Gasteiger partial charge in [-0.1, -0.05) is 18.2 Å². The fourth-order valence-corrected chi connectivity index (χ4v) is 2.92. The van der Waals surface area contributed by atoms with E-state index in [0.29, 0.717) is 0 Å². The molecule has 0 spiro atoms. The van der Waals surface area contributed by atoms with E-state index in [1.807, 2.05) is 18.2 Å². The first-order valence-corrected chi connectivity index (χ1v) is 8.18. The Hall–Kier alpha value is -2.40. The number of nitrogens with one attached hydrogen (secondary N) is 1. The van der Waals surface area contributed by atoms with Gasteiger partial charge in [0.25, 0.3) is 0 Å². The van der Waals surface area contributed by atoms with E-state index >= 15 is 0 Å². The van der Waals surface area contributed by atoms with E-state index in [2.05, 4.69) is 34.5 Å². The summed E-state index contributed by atoms with van der Waals surface area (Å²) < 4.78 is 16.2. The third kappa shape index (κ3) is 3.74. The number of morpholine rings is 1. The SMILES string of the molecule is COc1ccc(OC)c(NCc2ccccc2N2CCOCC2)c1. The molecule has 0 saturated carbocycles. The number of anilines is 2. The van der Waals surface area contributed by atoms with Gasteiger partial charge in [0.15, 0.2) is 0 Å². The van der Waals surface area contributed by atoms with Gasteiger partial charge in [-0.05, 0) is 23.8 Å². The van der Waals surface area contributed by atoms with Crippen LogP contribution in [0.3, 0.4) is 0 Å². The summed E-state index contributed by atoms with van der Waals surface area (Å²) in [6.07, 6.45) is 0. The average molecular weight is 328 g/mol. The zero-order valence-corrected chi connectivity index (χ0v) is 14.2. The van der Waals surface area contributed by atoms with E-state index in [0.717, 1.165) is 50.0 Å². The monoisotopic (exact) mass is 328 g/mol. The number of methoxy groups -OCH3 is 2. The summed E-state index contributed by atoms with van der Waals surface area (Å²) >= 11 is 0. The van der Waals surface area contributed by atoms with Gasteiger partial charge in [-0.25, -0.2) is 0 Å². The molecule has 128 valence electrons. The second-order valence-electron chi connectivity index (χ2n) is 5.65. The second-order valence-corrected chi connectivity index (χ2v) is 5.65. The summed E-state index contributed by atoms with van der Waals surface area (Å²) in [7, 11) is 3.34. The third-order valence-electron chi connectivity index (χ3n) is 4.22. The molecule has 5 nitrogen and oxygen atoms in total. The summed E-state index contributed by atoms with van der Waals surface area (Å²) in [4.78, 5) is 2.38. The lowest BCUT2D eigenvalue weighted by atomic mass is 10.1. The average Bonchev–Trinajstić information content (AvgIpc) is 2.67. The van der Waals surface area contributed by atoms with Crippen LogP contribution in [0.4, 0.5) is 11.4 Å². The highest BCUT2D eigenvalue weighted by atomic mass is 16.5. The number of para-hydroxylation sites is 1. The predicted octanol–water partition coefficient (Wildman–Crippen LogP) is 3.15. The van der Waals surface area contributed by atoms with Crippen LogP contribution in [0, 0.1) is 0 Å². The van der Waals surface area contributed by atoms with Crippen LogP contribution in [-0.4, -0.2) is 40.5 Å². The number of rotatable bonds is 6. The summed E-state index contributed by atoms with van der Waals surface area (Å²) in [5, 5.41) is 3.47. The molecule has 1 aliphatic rings. The van der Waals surface area contributed by atoms with Gasteiger partial charge < -0.3 is 24.4 Å². The molecule has 1 heterocycles. The van der Waals surface area contributed by atoms with Gasteiger partial charge in [0.2, 0.25) is 0 Å². The van der Waals surface area contributed by atoms with Crippen LogP contribution in [0.2, 0.25) is 0 Å². The molecule has 0 amide bonds. The van der Waals surface area contributed by atoms with E-state index < -0.39 is 0 Å². The molecule has 5 heteroatoms. The normalized spacial score (nSPS) is 14.3. The summed E-state index contributed by atoms with van der Waals surface area (Å²) in [6, 6.07) is 14.2. The maximum Gasteiger partial charge on any atom is 0.142 e. The maximum atomic E-state index is 5.46. The van der Waals surface area contributed by atoms with Crippen molar-refractivity contribution in [1.29, 1.82) is 0 Å². The van der Waals surface area contributed by atoms with Gasteiger partial charge >= 0.3 is 0 Å². The predicted molar refractivity (Wildman–Crippen MR) is 96.3 cm³/mol. The quantitative estimate of drug-likeness (QED) is 0.882. The lowest BCUT2D eigenvalue weighted by Crippen LogP contribution is -2.36. The van der Waals surface area contributed by atoms with E-state index in [4.69, 9.17) is 14.2 Å². The lowest BCUT2D eigenvalue weighted by Gasteiger charge is -2.30. The van der Waals surface area contributed by atoms with E-state index in [1.165, 1.54) is 11.3 Å². The van der Waals surface area contributed by atoms with Crippen LogP contribution in [0.15, 0.2) is 42.5 Å². The van der Waals surface area contributed by atoms with Crippen molar-refractivity contribution < 1.29 is 14.2 Å². The molecule has 0 atom stereocenters. The van der Waals surface area contributed by atoms with E-state index in [9.17, 15) is 0 Å². The van der Waals surface area contributed by atoms with Crippen LogP contribution >= 0.6 is 0 Å². The van der Waals surface area contributed by atoms with Crippen LogP contribution in [0.5, 0.6) is 11.5 Å². The van der Waals surface area contributed by atoms with E-state index in [1.54, 1.807) is 14.2 Å². The molecule has 3 rings (SSSR count). The molecule has 2 aromatic carbocycles. The van der Waals surface area contributed by atoms with Crippen molar-refractivity contribution in [1.82, 2.24) is 0 Å². The first kappa shape index (κ1) is 16.5. The Kier molecular flexibility index (Phi) is 5.43. The standard InChI is InChI=1S/C19H24N2O3/c1-22-16-7-8-19(23-2)17(13-16)20-14-15-5-3-4-6-18(15)21-9-11-24-12-10-21/h3-8,13,20H,9-12,14H2,1-2H3. The first-order chi connectivity index (χ1) is 11.8. The molecule has 0 aromatic heterocycles. The highest BCUT2D eigenvalue weighted by molar-refractivity contribution is 5.61. The Morgan fingerprint density at radius 3 is 2.58 bits per heavy atom. The van der Waals surface area contributed by atoms with Crippen molar-refractivity contribution in [3.63, 3.8) is 0 Å². The Morgan fingerprint density at radius 2 is 1.83 bits per heavy atom. The largest absolute Gasteiger partial charge is 0.497 e. The molecular formula is C19H24N2O3. The Balaban J connectivity index is 1.77. The molecule has 1 aliphatic heterocycles. The fraction of sp³-hybridized carbons (Fsp3) is 0.368. The minimum absolute atomic E-state index is 0.719. The van der Waals surface area contributed by atoms with Crippen LogP contribution < -0.4 is 19.7 Å². The van der Waals surface area contributed by atoms with Gasteiger partial charge in [-0.15, -0.1) is 0 Å². The number of ether oxygens (including phenoxy) is 3. The highest BCUT2D eigenvalue weighted by Crippen LogP contribution is 2.30. The smallest absolute Gasteiger partial charge is 0.142 e. The Morgan fingerprint density at radius 1 is 1.04 bits per heavy atom. The first-order valence-electron chi connectivity index (χ1n) is 8.18. The maximum absolute atomic E-state index is 5.46. The number of hydrogen-bond donors (Lipinski definition) is 1. The molecule has 24 heavy (non-hydrogen) atoms. The van der Waals surface area contributed by atoms with E-state index in [-0.39, 0.29) is 0 Å². The number of benzene rings is 2. The van der Waals surface area contributed by atoms with Crippen LogP contribution in [0.1, 0.15) is 5.56 Å². The van der Waals surface area contributed by atoms with Crippen molar-refractivity contribution in [3.05, 3.63) is 48.0 Å². The van der Waals surface area contributed by atoms with Gasteiger partial charge in [-0.3, -0.25) is 0 Å². The zero-order valence-electron chi connectivity index (χ0n) is 14.2. The fourth-order valence-electron chi connectivity index (χ4n) is 2.92. The van der Waals surface area contributed by atoms with Crippen molar-refractivity contribution in [3.8, 4) is 11.5 Å². The Labute approximate surface area is 143 Å². The molecule has 1 fully saturated rings. The van der Waals surface area contributed by atoms with Crippen molar-refractivity contribution in [2.45, 2.75) is 6.54 Å². The number of hydrogen-bond acceptors (Lipinski definition) is 5. The van der Waals surface area contributed by atoms with Crippen molar-refractivity contribution >= 4 is 11.4 Å². The molecule has 0 aliphatic carbocycles. The molecular weight excluding hydrogens is 304 g/mol. The van der Waals surface area contributed by atoms with Crippen LogP contribution in [-0.2, 0) is 11.3 Å². The van der Waals surface area contributed by atoms with Crippen molar-refractivity contribution in [2.24, 2.45) is 0 Å². The van der Waals surface area contributed by atoms with Gasteiger partial charge in [0, 0.05) is 31.4 Å². The molecule has 0 radical (unpaired) electrons. The molecule has 1 N–H and O–H groups in total. The number of nitrogens with zero attached hydrogens (tertiary/aromatic N) is 1. The molecule has 0 bridgehead atoms. The summed E-state index contributed by atoms with van der Waals surface area (Å²) in [6.45, 7) is 4.15. The van der Waals surface area contributed by atoms with Gasteiger partial charge in [0.1, 0.15) is 11.5 Å². The lowest BCUT2D eigenvalue weighted by molar-refractivity contribution is 0.122. The molecule has 1 saturated heterocycles. The summed E-state index contributed by atoms with van der Waals surface area (Å²) in [5.74, 6) is 1.61. The third-order valence-corrected chi connectivity index (χ3v) is 4.22. The second kappa shape index (κ2) is 7.93. The van der Waals surface area contributed by atoms with Gasteiger partial charge in [-0.2, -0.15) is 0 Å². The zero-order chi connectivity index (χ0) is 16.8. The topological polar surface area (TPSA) is 43.0 Å². The van der Waals surface area contributed by atoms with Crippen molar-refractivity contribution in [2.75, 3.05) is 50.7 Å². The molecule has 0 unspecified atom stereocenters. The minimum Gasteiger partial charge on any atom is -0.497 e. The molecule has 2 aromatic rings. The van der Waals surface area contributed by atoms with Crippen LogP contribution in [0.25, 0.3) is 0 Å².